The van der Waals surface area contributed by atoms with Crippen molar-refractivity contribution in [2.75, 3.05) is 12.4 Å². The zero-order valence-corrected chi connectivity index (χ0v) is 13.1. The predicted octanol–water partition coefficient (Wildman–Crippen LogP) is 2.90. The Labute approximate surface area is 137 Å². The highest BCUT2D eigenvalue weighted by molar-refractivity contribution is 5.99. The van der Waals surface area contributed by atoms with Gasteiger partial charge in [-0.25, -0.2) is 4.79 Å². The lowest BCUT2D eigenvalue weighted by molar-refractivity contribution is -0.114. The number of aromatic amines is 1. The number of H-pyrrole nitrogens is 1. The van der Waals surface area contributed by atoms with E-state index in [1.165, 1.54) is 19.1 Å². The number of hydrogen-bond donors (Lipinski definition) is 3. The number of carboxylic acids is 1. The highest BCUT2D eigenvalue weighted by atomic mass is 16.5. The molecule has 0 aliphatic rings. The van der Waals surface area contributed by atoms with Gasteiger partial charge in [0, 0.05) is 23.6 Å². The third kappa shape index (κ3) is 2.91. The molecular formula is C17H15N3O4. The number of rotatable bonds is 4. The molecule has 1 aromatic heterocycles. The van der Waals surface area contributed by atoms with Gasteiger partial charge in [0.1, 0.15) is 11.4 Å². The summed E-state index contributed by atoms with van der Waals surface area (Å²) in [6.07, 6.45) is 0. The Morgan fingerprint density at radius 2 is 2.00 bits per heavy atom. The summed E-state index contributed by atoms with van der Waals surface area (Å²) in [5, 5.41) is 19.9. The van der Waals surface area contributed by atoms with Crippen molar-refractivity contribution < 1.29 is 19.4 Å². The van der Waals surface area contributed by atoms with Crippen LogP contribution in [0, 0.1) is 0 Å². The van der Waals surface area contributed by atoms with Gasteiger partial charge in [-0.2, -0.15) is 5.10 Å². The van der Waals surface area contributed by atoms with Crippen LogP contribution in [0.15, 0.2) is 36.4 Å². The van der Waals surface area contributed by atoms with Gasteiger partial charge >= 0.3 is 5.97 Å². The van der Waals surface area contributed by atoms with Crippen LogP contribution in [0.3, 0.4) is 0 Å². The van der Waals surface area contributed by atoms with Crippen molar-refractivity contribution in [1.29, 1.82) is 0 Å². The zero-order chi connectivity index (χ0) is 17.3. The normalized spacial score (nSPS) is 10.6. The molecule has 1 heterocycles. The molecule has 3 aromatic rings. The molecule has 2 aromatic carbocycles. The van der Waals surface area contributed by atoms with Gasteiger partial charge in [-0.05, 0) is 36.4 Å². The number of carbonyl (C=O) groups excluding carboxylic acids is 1. The number of nitrogens with one attached hydrogen (secondary N) is 2. The smallest absolute Gasteiger partial charge is 0.335 e. The first-order chi connectivity index (χ1) is 11.5. The van der Waals surface area contributed by atoms with Gasteiger partial charge in [0.05, 0.1) is 18.2 Å². The largest absolute Gasteiger partial charge is 0.497 e. The first-order valence-corrected chi connectivity index (χ1v) is 7.16. The third-order valence-electron chi connectivity index (χ3n) is 3.54. The van der Waals surface area contributed by atoms with Crippen molar-refractivity contribution in [2.45, 2.75) is 6.92 Å². The third-order valence-corrected chi connectivity index (χ3v) is 3.54. The summed E-state index contributed by atoms with van der Waals surface area (Å²) >= 11 is 0. The Balaban J connectivity index is 2.19. The fourth-order valence-corrected chi connectivity index (χ4v) is 2.50. The van der Waals surface area contributed by atoms with Crippen molar-refractivity contribution in [3.05, 3.63) is 42.0 Å². The van der Waals surface area contributed by atoms with E-state index in [1.807, 2.05) is 12.1 Å². The van der Waals surface area contributed by atoms with Crippen molar-refractivity contribution in [3.8, 4) is 17.0 Å². The van der Waals surface area contributed by atoms with E-state index in [-0.39, 0.29) is 11.5 Å². The predicted molar refractivity (Wildman–Crippen MR) is 89.3 cm³/mol. The van der Waals surface area contributed by atoms with E-state index in [0.717, 1.165) is 10.9 Å². The molecule has 0 spiro atoms. The van der Waals surface area contributed by atoms with Crippen LogP contribution in [0.25, 0.3) is 22.2 Å². The van der Waals surface area contributed by atoms with E-state index in [0.29, 0.717) is 22.7 Å². The minimum Gasteiger partial charge on any atom is -0.497 e. The summed E-state index contributed by atoms with van der Waals surface area (Å²) in [7, 11) is 1.57. The van der Waals surface area contributed by atoms with E-state index < -0.39 is 5.97 Å². The second-order valence-corrected chi connectivity index (χ2v) is 5.27. The SMILES string of the molecule is COc1ccc2[nH]nc(-c3cc(NC(C)=O)cc(C(=O)O)c3)c2c1. The highest BCUT2D eigenvalue weighted by Crippen LogP contribution is 2.31. The van der Waals surface area contributed by atoms with Crippen molar-refractivity contribution >= 4 is 28.5 Å². The molecule has 0 bridgehead atoms. The van der Waals surface area contributed by atoms with Gasteiger partial charge < -0.3 is 15.2 Å². The fourth-order valence-electron chi connectivity index (χ4n) is 2.50. The molecule has 0 atom stereocenters. The Morgan fingerprint density at radius 1 is 1.21 bits per heavy atom. The van der Waals surface area contributed by atoms with Crippen LogP contribution in [0.1, 0.15) is 17.3 Å². The lowest BCUT2D eigenvalue weighted by Gasteiger charge is -2.07. The van der Waals surface area contributed by atoms with Crippen LogP contribution in [-0.2, 0) is 4.79 Å². The minimum atomic E-state index is -1.08. The number of carboxylic acid groups (broad SMARTS) is 1. The van der Waals surface area contributed by atoms with Gasteiger partial charge in [-0.15, -0.1) is 0 Å². The fraction of sp³-hybridized carbons (Fsp3) is 0.118. The number of methoxy groups -OCH3 is 1. The van der Waals surface area contributed by atoms with E-state index in [2.05, 4.69) is 15.5 Å². The van der Waals surface area contributed by atoms with Crippen LogP contribution < -0.4 is 10.1 Å². The summed E-state index contributed by atoms with van der Waals surface area (Å²) in [4.78, 5) is 22.7. The monoisotopic (exact) mass is 325 g/mol. The number of benzene rings is 2. The number of amides is 1. The minimum absolute atomic E-state index is 0.0651. The summed E-state index contributed by atoms with van der Waals surface area (Å²) in [6, 6.07) is 10.1. The number of aromatic carboxylic acids is 1. The molecule has 0 fully saturated rings. The van der Waals surface area contributed by atoms with Crippen LogP contribution in [0.2, 0.25) is 0 Å². The van der Waals surface area contributed by atoms with Crippen LogP contribution in [0.5, 0.6) is 5.75 Å². The Hall–Kier alpha value is -3.35. The zero-order valence-electron chi connectivity index (χ0n) is 13.1. The molecule has 7 nitrogen and oxygen atoms in total. The molecule has 0 aliphatic heterocycles. The maximum Gasteiger partial charge on any atom is 0.335 e. The van der Waals surface area contributed by atoms with Crippen molar-refractivity contribution in [1.82, 2.24) is 10.2 Å². The molecular weight excluding hydrogens is 310 g/mol. The van der Waals surface area contributed by atoms with Gasteiger partial charge in [-0.1, -0.05) is 0 Å². The van der Waals surface area contributed by atoms with Gasteiger partial charge in [0.25, 0.3) is 0 Å². The highest BCUT2D eigenvalue weighted by Gasteiger charge is 2.14. The average molecular weight is 325 g/mol. The Bertz CT molecular complexity index is 946. The molecule has 0 unspecified atom stereocenters. The lowest BCUT2D eigenvalue weighted by Crippen LogP contribution is -2.07. The van der Waals surface area contributed by atoms with E-state index >= 15 is 0 Å². The molecule has 7 heteroatoms. The average Bonchev–Trinajstić information content (AvgIpc) is 2.96. The number of anilines is 1. The molecule has 0 radical (unpaired) electrons. The quantitative estimate of drug-likeness (QED) is 0.684. The van der Waals surface area contributed by atoms with Gasteiger partial charge in [0.15, 0.2) is 0 Å². The molecule has 1 amide bonds. The molecule has 0 aliphatic carbocycles. The second kappa shape index (κ2) is 6.04. The molecule has 24 heavy (non-hydrogen) atoms. The summed E-state index contributed by atoms with van der Waals surface area (Å²) in [5.74, 6) is -0.695. The lowest BCUT2D eigenvalue weighted by atomic mass is 10.0. The molecule has 122 valence electrons. The van der Waals surface area contributed by atoms with Crippen molar-refractivity contribution in [3.63, 3.8) is 0 Å². The van der Waals surface area contributed by atoms with Crippen LogP contribution in [-0.4, -0.2) is 34.3 Å². The Kier molecular flexibility index (Phi) is 3.91. The number of hydrogen-bond acceptors (Lipinski definition) is 4. The second-order valence-electron chi connectivity index (χ2n) is 5.27. The number of ether oxygens (including phenoxy) is 1. The number of aromatic nitrogens is 2. The maximum atomic E-state index is 11.4. The van der Waals surface area contributed by atoms with Crippen molar-refractivity contribution in [2.24, 2.45) is 0 Å². The van der Waals surface area contributed by atoms with Crippen LogP contribution >= 0.6 is 0 Å². The first-order valence-electron chi connectivity index (χ1n) is 7.16. The summed E-state index contributed by atoms with van der Waals surface area (Å²) in [5.41, 5.74) is 2.43. The summed E-state index contributed by atoms with van der Waals surface area (Å²) < 4.78 is 5.23. The Morgan fingerprint density at radius 3 is 2.67 bits per heavy atom. The molecule has 3 N–H and O–H groups in total. The summed E-state index contributed by atoms with van der Waals surface area (Å²) in [6.45, 7) is 1.36. The van der Waals surface area contributed by atoms with Gasteiger partial charge in [0.2, 0.25) is 5.91 Å². The number of fused-ring (bicyclic) bond motifs is 1. The number of nitrogens with zero attached hydrogens (tertiary/aromatic N) is 1. The topological polar surface area (TPSA) is 104 Å². The molecule has 0 saturated carbocycles. The van der Waals surface area contributed by atoms with Gasteiger partial charge in [-0.3, -0.25) is 9.89 Å². The molecule has 0 saturated heterocycles. The maximum absolute atomic E-state index is 11.4. The van der Waals surface area contributed by atoms with E-state index in [4.69, 9.17) is 4.74 Å². The van der Waals surface area contributed by atoms with E-state index in [9.17, 15) is 14.7 Å². The first kappa shape index (κ1) is 15.5. The molecule has 3 rings (SSSR count). The number of carbonyl (C=O) groups is 2. The van der Waals surface area contributed by atoms with Crippen LogP contribution in [0.4, 0.5) is 5.69 Å². The van der Waals surface area contributed by atoms with E-state index in [1.54, 1.807) is 19.2 Å². The standard InChI is InChI=1S/C17H15N3O4/c1-9(21)18-12-6-10(5-11(7-12)17(22)23)16-14-8-13(24-2)3-4-15(14)19-20-16/h3-8H,1-2H3,(H,18,21)(H,19,20)(H,22,23).